The number of rotatable bonds is 3. The van der Waals surface area contributed by atoms with E-state index in [2.05, 4.69) is 54.8 Å². The lowest BCUT2D eigenvalue weighted by atomic mass is 10.0. The Labute approximate surface area is 105 Å². The lowest BCUT2D eigenvalue weighted by Crippen LogP contribution is -2.46. The van der Waals surface area contributed by atoms with Crippen LogP contribution >= 0.6 is 0 Å². The van der Waals surface area contributed by atoms with Crippen molar-refractivity contribution in [1.29, 1.82) is 0 Å². The molecule has 0 spiro atoms. The van der Waals surface area contributed by atoms with Crippen molar-refractivity contribution in [1.82, 2.24) is 4.90 Å². The zero-order chi connectivity index (χ0) is 12.3. The SMILES string of the molecule is CCN1CCN(c2cccc(C(C)C)c2)CC1. The van der Waals surface area contributed by atoms with Gasteiger partial charge in [0.25, 0.3) is 0 Å². The summed E-state index contributed by atoms with van der Waals surface area (Å²) >= 11 is 0. The standard InChI is InChI=1S/C15H24N2/c1-4-16-8-10-17(11-9-16)15-7-5-6-14(12-15)13(2)3/h5-7,12-13H,4,8-11H2,1-3H3. The van der Waals surface area contributed by atoms with E-state index in [1.165, 1.54) is 30.9 Å². The van der Waals surface area contributed by atoms with Gasteiger partial charge in [-0.1, -0.05) is 32.9 Å². The Bertz CT molecular complexity index is 352. The number of hydrogen-bond acceptors (Lipinski definition) is 2. The van der Waals surface area contributed by atoms with Crippen LogP contribution < -0.4 is 4.90 Å². The molecule has 0 aromatic heterocycles. The van der Waals surface area contributed by atoms with Gasteiger partial charge in [0.05, 0.1) is 0 Å². The summed E-state index contributed by atoms with van der Waals surface area (Å²) in [6.07, 6.45) is 0. The number of piperazine rings is 1. The molecule has 1 aromatic rings. The van der Waals surface area contributed by atoms with E-state index in [1.807, 2.05) is 0 Å². The molecule has 1 aliphatic rings. The third-order valence-electron chi connectivity index (χ3n) is 3.72. The quantitative estimate of drug-likeness (QED) is 0.790. The summed E-state index contributed by atoms with van der Waals surface area (Å²) in [5.41, 5.74) is 2.84. The molecular formula is C15H24N2. The topological polar surface area (TPSA) is 6.48 Å². The van der Waals surface area contributed by atoms with E-state index in [-0.39, 0.29) is 0 Å². The van der Waals surface area contributed by atoms with Crippen molar-refractivity contribution in [3.05, 3.63) is 29.8 Å². The molecule has 94 valence electrons. The maximum atomic E-state index is 2.52. The predicted molar refractivity (Wildman–Crippen MR) is 74.9 cm³/mol. The van der Waals surface area contributed by atoms with Gasteiger partial charge >= 0.3 is 0 Å². The number of anilines is 1. The minimum absolute atomic E-state index is 0.617. The molecule has 0 aliphatic carbocycles. The summed E-state index contributed by atoms with van der Waals surface area (Å²) in [4.78, 5) is 5.03. The Morgan fingerprint density at radius 3 is 2.41 bits per heavy atom. The van der Waals surface area contributed by atoms with Gasteiger partial charge in [0.1, 0.15) is 0 Å². The molecule has 1 aliphatic heterocycles. The zero-order valence-corrected chi connectivity index (χ0v) is 11.3. The minimum atomic E-state index is 0.617. The number of nitrogens with zero attached hydrogens (tertiary/aromatic N) is 2. The molecule has 2 rings (SSSR count). The molecule has 1 heterocycles. The summed E-state index contributed by atoms with van der Waals surface area (Å²) < 4.78 is 0. The van der Waals surface area contributed by atoms with Gasteiger partial charge in [-0.25, -0.2) is 0 Å². The van der Waals surface area contributed by atoms with Crippen LogP contribution in [0.2, 0.25) is 0 Å². The molecule has 0 saturated carbocycles. The molecule has 0 radical (unpaired) electrons. The number of benzene rings is 1. The van der Waals surface area contributed by atoms with Gasteiger partial charge in [-0.05, 0) is 30.2 Å². The van der Waals surface area contributed by atoms with Crippen LogP contribution in [-0.4, -0.2) is 37.6 Å². The van der Waals surface area contributed by atoms with Gasteiger partial charge in [-0.3, -0.25) is 0 Å². The summed E-state index contributed by atoms with van der Waals surface area (Å²) in [6, 6.07) is 9.02. The Kier molecular flexibility index (Phi) is 4.06. The van der Waals surface area contributed by atoms with E-state index in [1.54, 1.807) is 0 Å². The highest BCUT2D eigenvalue weighted by Crippen LogP contribution is 2.22. The first-order chi connectivity index (χ1) is 8.20. The van der Waals surface area contributed by atoms with Crippen LogP contribution in [0.5, 0.6) is 0 Å². The Hall–Kier alpha value is -1.02. The Morgan fingerprint density at radius 1 is 1.12 bits per heavy atom. The van der Waals surface area contributed by atoms with Crippen LogP contribution in [0.25, 0.3) is 0 Å². The van der Waals surface area contributed by atoms with Crippen LogP contribution in [0.3, 0.4) is 0 Å². The maximum absolute atomic E-state index is 2.52. The molecular weight excluding hydrogens is 208 g/mol. The van der Waals surface area contributed by atoms with Crippen LogP contribution in [0.15, 0.2) is 24.3 Å². The second kappa shape index (κ2) is 5.54. The highest BCUT2D eigenvalue weighted by molar-refractivity contribution is 5.49. The first-order valence-electron chi connectivity index (χ1n) is 6.78. The molecule has 1 aromatic carbocycles. The molecule has 0 amide bonds. The van der Waals surface area contributed by atoms with E-state index in [4.69, 9.17) is 0 Å². The fraction of sp³-hybridized carbons (Fsp3) is 0.600. The van der Waals surface area contributed by atoms with Gasteiger partial charge < -0.3 is 9.80 Å². The monoisotopic (exact) mass is 232 g/mol. The normalized spacial score (nSPS) is 17.8. The lowest BCUT2D eigenvalue weighted by Gasteiger charge is -2.35. The molecule has 1 saturated heterocycles. The molecule has 0 bridgehead atoms. The van der Waals surface area contributed by atoms with Crippen LogP contribution in [0, 0.1) is 0 Å². The van der Waals surface area contributed by atoms with Gasteiger partial charge in [0.15, 0.2) is 0 Å². The molecule has 2 nitrogen and oxygen atoms in total. The average Bonchev–Trinajstić information content (AvgIpc) is 2.39. The second-order valence-corrected chi connectivity index (χ2v) is 5.17. The van der Waals surface area contributed by atoms with Crippen molar-refractivity contribution in [2.75, 3.05) is 37.6 Å². The fourth-order valence-corrected chi connectivity index (χ4v) is 2.40. The van der Waals surface area contributed by atoms with Crippen LogP contribution in [0.1, 0.15) is 32.3 Å². The largest absolute Gasteiger partial charge is 0.369 e. The highest BCUT2D eigenvalue weighted by Gasteiger charge is 2.16. The molecule has 0 atom stereocenters. The third kappa shape index (κ3) is 3.01. The Morgan fingerprint density at radius 2 is 1.82 bits per heavy atom. The fourth-order valence-electron chi connectivity index (χ4n) is 2.40. The van der Waals surface area contributed by atoms with Crippen LogP contribution in [-0.2, 0) is 0 Å². The van der Waals surface area contributed by atoms with E-state index >= 15 is 0 Å². The van der Waals surface area contributed by atoms with Crippen molar-refractivity contribution in [3.8, 4) is 0 Å². The van der Waals surface area contributed by atoms with Gasteiger partial charge in [0.2, 0.25) is 0 Å². The molecule has 1 fully saturated rings. The van der Waals surface area contributed by atoms with Crippen molar-refractivity contribution in [2.45, 2.75) is 26.7 Å². The summed E-state index contributed by atoms with van der Waals surface area (Å²) in [5.74, 6) is 0.617. The van der Waals surface area contributed by atoms with Crippen LogP contribution in [0.4, 0.5) is 5.69 Å². The van der Waals surface area contributed by atoms with Crippen molar-refractivity contribution < 1.29 is 0 Å². The summed E-state index contributed by atoms with van der Waals surface area (Å²) in [5, 5.41) is 0. The highest BCUT2D eigenvalue weighted by atomic mass is 15.3. The smallest absolute Gasteiger partial charge is 0.0369 e. The molecule has 0 N–H and O–H groups in total. The predicted octanol–water partition coefficient (Wildman–Crippen LogP) is 2.95. The maximum Gasteiger partial charge on any atom is 0.0369 e. The van der Waals surface area contributed by atoms with Crippen molar-refractivity contribution in [2.24, 2.45) is 0 Å². The molecule has 17 heavy (non-hydrogen) atoms. The zero-order valence-electron chi connectivity index (χ0n) is 11.3. The lowest BCUT2D eigenvalue weighted by molar-refractivity contribution is 0.271. The minimum Gasteiger partial charge on any atom is -0.369 e. The van der Waals surface area contributed by atoms with E-state index < -0.39 is 0 Å². The van der Waals surface area contributed by atoms with E-state index in [9.17, 15) is 0 Å². The molecule has 0 unspecified atom stereocenters. The second-order valence-electron chi connectivity index (χ2n) is 5.17. The van der Waals surface area contributed by atoms with Crippen molar-refractivity contribution in [3.63, 3.8) is 0 Å². The van der Waals surface area contributed by atoms with Gasteiger partial charge in [-0.15, -0.1) is 0 Å². The first kappa shape index (κ1) is 12.4. The average molecular weight is 232 g/mol. The number of likely N-dealkylation sites (N-methyl/N-ethyl adjacent to an activating group) is 1. The van der Waals surface area contributed by atoms with Gasteiger partial charge in [0, 0.05) is 31.9 Å². The number of hydrogen-bond donors (Lipinski definition) is 0. The Balaban J connectivity index is 2.05. The van der Waals surface area contributed by atoms with Crippen molar-refractivity contribution >= 4 is 5.69 Å². The van der Waals surface area contributed by atoms with E-state index in [0.717, 1.165) is 13.1 Å². The van der Waals surface area contributed by atoms with E-state index in [0.29, 0.717) is 5.92 Å². The summed E-state index contributed by atoms with van der Waals surface area (Å²) in [6.45, 7) is 12.7. The third-order valence-corrected chi connectivity index (χ3v) is 3.72. The molecule has 2 heteroatoms. The van der Waals surface area contributed by atoms with Gasteiger partial charge in [-0.2, -0.15) is 0 Å². The first-order valence-corrected chi connectivity index (χ1v) is 6.78. The summed E-state index contributed by atoms with van der Waals surface area (Å²) in [7, 11) is 0.